The van der Waals surface area contributed by atoms with Crippen molar-refractivity contribution >= 4 is 5.69 Å². The Morgan fingerprint density at radius 1 is 1.56 bits per heavy atom. The highest BCUT2D eigenvalue weighted by Gasteiger charge is 2.11. The van der Waals surface area contributed by atoms with Gasteiger partial charge in [0.2, 0.25) is 0 Å². The predicted molar refractivity (Wildman–Crippen MR) is 61.6 cm³/mol. The molecule has 88 valence electrons. The number of aryl methyl sites for hydroxylation is 1. The summed E-state index contributed by atoms with van der Waals surface area (Å²) in [5, 5.41) is 10.6. The minimum Gasteiger partial charge on any atom is -0.496 e. The molecule has 5 nitrogen and oxygen atoms in total. The van der Waals surface area contributed by atoms with Crippen LogP contribution in [0.3, 0.4) is 0 Å². The monoisotopic (exact) mass is 224 g/mol. The summed E-state index contributed by atoms with van der Waals surface area (Å²) in [6, 6.07) is 4.76. The van der Waals surface area contributed by atoms with Crippen LogP contribution in [0, 0.1) is 10.1 Å². The first kappa shape index (κ1) is 12.4. The zero-order chi connectivity index (χ0) is 12.1. The summed E-state index contributed by atoms with van der Waals surface area (Å²) >= 11 is 0. The Morgan fingerprint density at radius 2 is 2.25 bits per heavy atom. The fourth-order valence-corrected chi connectivity index (χ4v) is 1.44. The van der Waals surface area contributed by atoms with Crippen molar-refractivity contribution in [2.45, 2.75) is 25.8 Å². The molecule has 1 aromatic carbocycles. The first-order valence-electron chi connectivity index (χ1n) is 5.11. The Hall–Kier alpha value is -1.62. The second-order valence-corrected chi connectivity index (χ2v) is 3.77. The van der Waals surface area contributed by atoms with E-state index in [1.807, 2.05) is 6.92 Å². The van der Waals surface area contributed by atoms with Gasteiger partial charge in [0.25, 0.3) is 5.69 Å². The van der Waals surface area contributed by atoms with Crippen molar-refractivity contribution in [2.24, 2.45) is 5.73 Å². The number of hydrogen-bond donors (Lipinski definition) is 1. The lowest BCUT2D eigenvalue weighted by Crippen LogP contribution is -2.15. The number of non-ortho nitro benzene ring substituents is 1. The third kappa shape index (κ3) is 3.20. The van der Waals surface area contributed by atoms with Crippen molar-refractivity contribution in [3.8, 4) is 5.75 Å². The standard InChI is InChI=1S/C11H16N2O3/c1-8(12)3-4-9-5-6-10(13(14)15)7-11(9)16-2/h5-8H,3-4,12H2,1-2H3/t8-/m1/s1. The molecule has 0 saturated carbocycles. The van der Waals surface area contributed by atoms with E-state index in [4.69, 9.17) is 10.5 Å². The number of ether oxygens (including phenoxy) is 1. The van der Waals surface area contributed by atoms with Crippen LogP contribution in [0.2, 0.25) is 0 Å². The van der Waals surface area contributed by atoms with Gasteiger partial charge in [-0.1, -0.05) is 0 Å². The lowest BCUT2D eigenvalue weighted by Gasteiger charge is -2.09. The Labute approximate surface area is 94.4 Å². The zero-order valence-electron chi connectivity index (χ0n) is 9.47. The molecule has 0 unspecified atom stereocenters. The molecule has 0 saturated heterocycles. The molecule has 0 aliphatic carbocycles. The normalized spacial score (nSPS) is 12.2. The third-order valence-electron chi connectivity index (χ3n) is 2.35. The maximum atomic E-state index is 10.6. The van der Waals surface area contributed by atoms with E-state index in [9.17, 15) is 10.1 Å². The van der Waals surface area contributed by atoms with E-state index in [0.717, 1.165) is 18.4 Å². The minimum absolute atomic E-state index is 0.0430. The average Bonchev–Trinajstić information content (AvgIpc) is 2.25. The fourth-order valence-electron chi connectivity index (χ4n) is 1.44. The number of nitrogens with zero attached hydrogens (tertiary/aromatic N) is 1. The molecule has 1 aromatic rings. The summed E-state index contributed by atoms with van der Waals surface area (Å²) in [5.41, 5.74) is 6.65. The van der Waals surface area contributed by atoms with Gasteiger partial charge in [-0.2, -0.15) is 0 Å². The number of nitro groups is 1. The second-order valence-electron chi connectivity index (χ2n) is 3.77. The molecule has 1 atom stereocenters. The molecule has 2 N–H and O–H groups in total. The van der Waals surface area contributed by atoms with E-state index < -0.39 is 4.92 Å². The summed E-state index contributed by atoms with van der Waals surface area (Å²) < 4.78 is 5.12. The van der Waals surface area contributed by atoms with Crippen LogP contribution in [0.15, 0.2) is 18.2 Å². The third-order valence-corrected chi connectivity index (χ3v) is 2.35. The molecule has 0 aliphatic rings. The lowest BCUT2D eigenvalue weighted by molar-refractivity contribution is -0.384. The number of nitrogens with two attached hydrogens (primary N) is 1. The van der Waals surface area contributed by atoms with Crippen molar-refractivity contribution in [1.29, 1.82) is 0 Å². The minimum atomic E-state index is -0.433. The molecule has 0 fully saturated rings. The van der Waals surface area contributed by atoms with E-state index in [2.05, 4.69) is 0 Å². The molecule has 0 aromatic heterocycles. The number of hydrogen-bond acceptors (Lipinski definition) is 4. The van der Waals surface area contributed by atoms with Crippen LogP contribution in [0.5, 0.6) is 5.75 Å². The van der Waals surface area contributed by atoms with E-state index in [0.29, 0.717) is 5.75 Å². The van der Waals surface area contributed by atoms with Crippen molar-refractivity contribution in [1.82, 2.24) is 0 Å². The van der Waals surface area contributed by atoms with Gasteiger partial charge in [0.15, 0.2) is 0 Å². The van der Waals surface area contributed by atoms with Crippen LogP contribution in [0.4, 0.5) is 5.69 Å². The SMILES string of the molecule is COc1cc([N+](=O)[O-])ccc1CC[C@@H](C)N. The van der Waals surface area contributed by atoms with Gasteiger partial charge in [-0.3, -0.25) is 10.1 Å². The highest BCUT2D eigenvalue weighted by molar-refractivity contribution is 5.44. The van der Waals surface area contributed by atoms with Gasteiger partial charge < -0.3 is 10.5 Å². The summed E-state index contributed by atoms with van der Waals surface area (Å²) in [6.07, 6.45) is 1.59. The van der Waals surface area contributed by atoms with Gasteiger partial charge in [-0.05, 0) is 31.4 Å². The molecule has 0 radical (unpaired) electrons. The zero-order valence-corrected chi connectivity index (χ0v) is 9.47. The first-order valence-corrected chi connectivity index (χ1v) is 5.11. The highest BCUT2D eigenvalue weighted by atomic mass is 16.6. The molecule has 0 aliphatic heterocycles. The van der Waals surface area contributed by atoms with Crippen molar-refractivity contribution in [2.75, 3.05) is 7.11 Å². The molecule has 5 heteroatoms. The summed E-state index contributed by atoms with van der Waals surface area (Å²) in [5.74, 6) is 0.551. The van der Waals surface area contributed by atoms with Crippen LogP contribution < -0.4 is 10.5 Å². The molecule has 0 amide bonds. The molecule has 0 heterocycles. The Bertz CT molecular complexity index is 377. The average molecular weight is 224 g/mol. The van der Waals surface area contributed by atoms with Gasteiger partial charge in [0.05, 0.1) is 18.1 Å². The van der Waals surface area contributed by atoms with Crippen molar-refractivity contribution < 1.29 is 9.66 Å². The van der Waals surface area contributed by atoms with Crippen LogP contribution in [0.25, 0.3) is 0 Å². The molecular formula is C11H16N2O3. The predicted octanol–water partition coefficient (Wildman–Crippen LogP) is 1.88. The number of rotatable bonds is 5. The topological polar surface area (TPSA) is 78.4 Å². The Morgan fingerprint density at radius 3 is 2.75 bits per heavy atom. The van der Waals surface area contributed by atoms with Gasteiger partial charge >= 0.3 is 0 Å². The van der Waals surface area contributed by atoms with E-state index in [1.54, 1.807) is 6.07 Å². The van der Waals surface area contributed by atoms with Crippen LogP contribution >= 0.6 is 0 Å². The molecule has 0 bridgehead atoms. The van der Waals surface area contributed by atoms with E-state index in [1.165, 1.54) is 19.2 Å². The number of nitro benzene ring substituents is 1. The molecule has 1 rings (SSSR count). The van der Waals surface area contributed by atoms with Gasteiger partial charge in [-0.25, -0.2) is 0 Å². The van der Waals surface area contributed by atoms with Crippen LogP contribution in [-0.4, -0.2) is 18.1 Å². The van der Waals surface area contributed by atoms with Crippen LogP contribution in [-0.2, 0) is 6.42 Å². The van der Waals surface area contributed by atoms with E-state index >= 15 is 0 Å². The number of benzene rings is 1. The Kier molecular flexibility index (Phi) is 4.25. The van der Waals surface area contributed by atoms with Gasteiger partial charge in [-0.15, -0.1) is 0 Å². The lowest BCUT2D eigenvalue weighted by atomic mass is 10.1. The summed E-state index contributed by atoms with van der Waals surface area (Å²) in [4.78, 5) is 10.1. The summed E-state index contributed by atoms with van der Waals surface area (Å²) in [7, 11) is 1.51. The van der Waals surface area contributed by atoms with Crippen LogP contribution in [0.1, 0.15) is 18.9 Å². The van der Waals surface area contributed by atoms with E-state index in [-0.39, 0.29) is 11.7 Å². The second kappa shape index (κ2) is 5.46. The van der Waals surface area contributed by atoms with Gasteiger partial charge in [0, 0.05) is 12.1 Å². The van der Waals surface area contributed by atoms with Gasteiger partial charge in [0.1, 0.15) is 5.75 Å². The summed E-state index contributed by atoms with van der Waals surface area (Å²) in [6.45, 7) is 1.93. The first-order chi connectivity index (χ1) is 7.54. The maximum absolute atomic E-state index is 10.6. The van der Waals surface area contributed by atoms with Crippen molar-refractivity contribution in [3.05, 3.63) is 33.9 Å². The fraction of sp³-hybridized carbons (Fsp3) is 0.455. The highest BCUT2D eigenvalue weighted by Crippen LogP contribution is 2.25. The molecule has 16 heavy (non-hydrogen) atoms. The molecule has 0 spiro atoms. The largest absolute Gasteiger partial charge is 0.496 e. The quantitative estimate of drug-likeness (QED) is 0.611. The number of methoxy groups -OCH3 is 1. The van der Waals surface area contributed by atoms with Crippen molar-refractivity contribution in [3.63, 3.8) is 0 Å². The maximum Gasteiger partial charge on any atom is 0.273 e. The smallest absolute Gasteiger partial charge is 0.273 e. The Balaban J connectivity index is 2.89. The molecular weight excluding hydrogens is 208 g/mol.